The maximum Gasteiger partial charge on any atom is 0.266 e. The van der Waals surface area contributed by atoms with Crippen LogP contribution in [0.25, 0.3) is 10.2 Å². The van der Waals surface area contributed by atoms with Crippen LogP contribution in [-0.4, -0.2) is 50.5 Å². The van der Waals surface area contributed by atoms with Gasteiger partial charge in [-0.25, -0.2) is 4.98 Å². The standard InChI is InChI=1S/C23H26N2O5S/c1-3-28-16-10-11-18-21(13-16)31-23(24-18)25(14-17-7-6-12-29-17)22(26)15-30-20-9-5-4-8-19(20)27-2/h4-5,8-11,13,17H,3,6-7,12,14-15H2,1-2H3. The predicted octanol–water partition coefficient (Wildman–Crippen LogP) is 4.29. The molecule has 1 unspecified atom stereocenters. The number of benzene rings is 2. The van der Waals surface area contributed by atoms with Crippen molar-refractivity contribution in [3.05, 3.63) is 42.5 Å². The van der Waals surface area contributed by atoms with Gasteiger partial charge in [-0.2, -0.15) is 0 Å². The van der Waals surface area contributed by atoms with Crippen molar-refractivity contribution in [2.45, 2.75) is 25.9 Å². The molecule has 2 aromatic carbocycles. The lowest BCUT2D eigenvalue weighted by atomic mass is 10.2. The molecule has 1 saturated heterocycles. The van der Waals surface area contributed by atoms with E-state index in [0.29, 0.717) is 29.8 Å². The van der Waals surface area contributed by atoms with Crippen LogP contribution in [-0.2, 0) is 9.53 Å². The molecule has 1 aliphatic rings. The first-order chi connectivity index (χ1) is 15.2. The van der Waals surface area contributed by atoms with Crippen molar-refractivity contribution in [2.24, 2.45) is 0 Å². The quantitative estimate of drug-likeness (QED) is 0.492. The topological polar surface area (TPSA) is 70.1 Å². The van der Waals surface area contributed by atoms with E-state index in [1.165, 1.54) is 11.3 Å². The third kappa shape index (κ3) is 5.08. The molecule has 1 atom stereocenters. The fourth-order valence-electron chi connectivity index (χ4n) is 3.50. The number of hydrogen-bond acceptors (Lipinski definition) is 7. The summed E-state index contributed by atoms with van der Waals surface area (Å²) in [4.78, 5) is 19.6. The zero-order chi connectivity index (χ0) is 21.6. The fourth-order valence-corrected chi connectivity index (χ4v) is 4.52. The van der Waals surface area contributed by atoms with Crippen molar-refractivity contribution in [3.8, 4) is 17.2 Å². The Balaban J connectivity index is 1.56. The van der Waals surface area contributed by atoms with Crippen molar-refractivity contribution in [3.63, 3.8) is 0 Å². The number of fused-ring (bicyclic) bond motifs is 1. The van der Waals surface area contributed by atoms with Crippen LogP contribution in [0.4, 0.5) is 5.13 Å². The molecule has 2 heterocycles. The molecule has 1 aliphatic heterocycles. The highest BCUT2D eigenvalue weighted by atomic mass is 32.1. The Morgan fingerprint density at radius 3 is 2.81 bits per heavy atom. The number of carbonyl (C=O) groups excluding carboxylic acids is 1. The van der Waals surface area contributed by atoms with Crippen LogP contribution in [0.5, 0.6) is 17.2 Å². The SMILES string of the molecule is CCOc1ccc2nc(N(CC3CCCO3)C(=O)COc3ccccc3OC)sc2c1. The minimum absolute atomic E-state index is 0.00112. The molecule has 31 heavy (non-hydrogen) atoms. The Bertz CT molecular complexity index is 1030. The number of anilines is 1. The molecular formula is C23H26N2O5S. The van der Waals surface area contributed by atoms with Crippen molar-refractivity contribution in [2.75, 3.05) is 38.4 Å². The van der Waals surface area contributed by atoms with Gasteiger partial charge in [0.1, 0.15) is 5.75 Å². The molecule has 4 rings (SSSR count). The Morgan fingerprint density at radius 1 is 1.23 bits per heavy atom. The van der Waals surface area contributed by atoms with Crippen molar-refractivity contribution < 1.29 is 23.7 Å². The van der Waals surface area contributed by atoms with Crippen LogP contribution >= 0.6 is 11.3 Å². The van der Waals surface area contributed by atoms with Crippen LogP contribution in [0.15, 0.2) is 42.5 Å². The van der Waals surface area contributed by atoms with E-state index in [-0.39, 0.29) is 18.6 Å². The van der Waals surface area contributed by atoms with E-state index in [0.717, 1.165) is 35.4 Å². The lowest BCUT2D eigenvalue weighted by molar-refractivity contribution is -0.121. The molecule has 7 nitrogen and oxygen atoms in total. The largest absolute Gasteiger partial charge is 0.494 e. The number of para-hydroxylation sites is 2. The molecular weight excluding hydrogens is 416 g/mol. The molecule has 0 spiro atoms. The van der Waals surface area contributed by atoms with Gasteiger partial charge < -0.3 is 18.9 Å². The molecule has 1 fully saturated rings. The van der Waals surface area contributed by atoms with Crippen molar-refractivity contribution in [1.29, 1.82) is 0 Å². The van der Waals surface area contributed by atoms with Crippen LogP contribution < -0.4 is 19.1 Å². The summed E-state index contributed by atoms with van der Waals surface area (Å²) in [5, 5.41) is 0.632. The molecule has 0 bridgehead atoms. The van der Waals surface area contributed by atoms with E-state index < -0.39 is 0 Å². The summed E-state index contributed by atoms with van der Waals surface area (Å²) in [6.45, 7) is 3.61. The summed E-state index contributed by atoms with van der Waals surface area (Å²) in [7, 11) is 1.57. The lowest BCUT2D eigenvalue weighted by Gasteiger charge is -2.23. The molecule has 8 heteroatoms. The first kappa shape index (κ1) is 21.4. The Labute approximate surface area is 185 Å². The van der Waals surface area contributed by atoms with Crippen LogP contribution in [0.3, 0.4) is 0 Å². The highest BCUT2D eigenvalue weighted by Gasteiger charge is 2.27. The molecule has 0 radical (unpaired) electrons. The average Bonchev–Trinajstić information content (AvgIpc) is 3.45. The molecule has 1 aromatic heterocycles. The maximum atomic E-state index is 13.2. The van der Waals surface area contributed by atoms with Gasteiger partial charge in [0.15, 0.2) is 23.2 Å². The molecule has 0 N–H and O–H groups in total. The first-order valence-electron chi connectivity index (χ1n) is 10.4. The van der Waals surface area contributed by atoms with Gasteiger partial charge in [-0.05, 0) is 50.1 Å². The first-order valence-corrected chi connectivity index (χ1v) is 11.2. The zero-order valence-electron chi connectivity index (χ0n) is 17.7. The molecule has 1 amide bonds. The van der Waals surface area contributed by atoms with Gasteiger partial charge in [0.05, 0.1) is 36.6 Å². The minimum atomic E-state index is -0.175. The number of carbonyl (C=O) groups is 1. The molecule has 164 valence electrons. The highest BCUT2D eigenvalue weighted by molar-refractivity contribution is 7.22. The van der Waals surface area contributed by atoms with Crippen LogP contribution in [0.1, 0.15) is 19.8 Å². The van der Waals surface area contributed by atoms with Gasteiger partial charge in [0.25, 0.3) is 5.91 Å². The zero-order valence-corrected chi connectivity index (χ0v) is 18.5. The number of hydrogen-bond donors (Lipinski definition) is 0. The summed E-state index contributed by atoms with van der Waals surface area (Å²) in [6, 6.07) is 13.1. The second kappa shape index (κ2) is 9.98. The summed E-state index contributed by atoms with van der Waals surface area (Å²) >= 11 is 1.46. The van der Waals surface area contributed by atoms with Gasteiger partial charge >= 0.3 is 0 Å². The summed E-state index contributed by atoms with van der Waals surface area (Å²) in [5.74, 6) is 1.73. The number of rotatable bonds is 9. The Morgan fingerprint density at radius 2 is 2.06 bits per heavy atom. The maximum absolute atomic E-state index is 13.2. The number of nitrogens with zero attached hydrogens (tertiary/aromatic N) is 2. The van der Waals surface area contributed by atoms with E-state index in [2.05, 4.69) is 0 Å². The van der Waals surface area contributed by atoms with Gasteiger partial charge in [0, 0.05) is 6.61 Å². The van der Waals surface area contributed by atoms with Crippen LogP contribution in [0, 0.1) is 0 Å². The van der Waals surface area contributed by atoms with Gasteiger partial charge in [0.2, 0.25) is 0 Å². The van der Waals surface area contributed by atoms with E-state index in [1.807, 2.05) is 37.3 Å². The number of methoxy groups -OCH3 is 1. The van der Waals surface area contributed by atoms with E-state index >= 15 is 0 Å². The third-order valence-electron chi connectivity index (χ3n) is 5.02. The second-order valence-corrected chi connectivity index (χ2v) is 8.15. The highest BCUT2D eigenvalue weighted by Crippen LogP contribution is 2.33. The number of aromatic nitrogens is 1. The van der Waals surface area contributed by atoms with E-state index in [1.54, 1.807) is 24.1 Å². The molecule has 0 saturated carbocycles. The molecule has 3 aromatic rings. The summed E-state index contributed by atoms with van der Waals surface area (Å²) in [5.41, 5.74) is 0.833. The van der Waals surface area contributed by atoms with Crippen molar-refractivity contribution in [1.82, 2.24) is 4.98 Å². The number of ether oxygens (including phenoxy) is 4. The normalized spacial score (nSPS) is 15.7. The Kier molecular flexibility index (Phi) is 6.89. The van der Waals surface area contributed by atoms with Crippen LogP contribution in [0.2, 0.25) is 0 Å². The minimum Gasteiger partial charge on any atom is -0.494 e. The fraction of sp³-hybridized carbons (Fsp3) is 0.391. The van der Waals surface area contributed by atoms with Crippen molar-refractivity contribution >= 4 is 32.6 Å². The third-order valence-corrected chi connectivity index (χ3v) is 6.06. The monoisotopic (exact) mass is 442 g/mol. The second-order valence-electron chi connectivity index (χ2n) is 7.14. The van der Waals surface area contributed by atoms with E-state index in [9.17, 15) is 4.79 Å². The summed E-state index contributed by atoms with van der Waals surface area (Å²) < 4.78 is 23.4. The van der Waals surface area contributed by atoms with Gasteiger partial charge in [-0.15, -0.1) is 0 Å². The average molecular weight is 443 g/mol. The molecule has 0 aliphatic carbocycles. The summed E-state index contributed by atoms with van der Waals surface area (Å²) in [6.07, 6.45) is 1.93. The Hall–Kier alpha value is -2.84. The van der Waals surface area contributed by atoms with Gasteiger partial charge in [-0.1, -0.05) is 23.5 Å². The van der Waals surface area contributed by atoms with E-state index in [4.69, 9.17) is 23.9 Å². The number of thiazole rings is 1. The number of amides is 1. The van der Waals surface area contributed by atoms with Gasteiger partial charge in [-0.3, -0.25) is 9.69 Å². The smallest absolute Gasteiger partial charge is 0.266 e. The lowest BCUT2D eigenvalue weighted by Crippen LogP contribution is -2.40. The predicted molar refractivity (Wildman–Crippen MR) is 121 cm³/mol.